The molecule has 5 nitrogen and oxygen atoms in total. The largest absolute Gasteiger partial charge is 0.375 e. The van der Waals surface area contributed by atoms with Gasteiger partial charge < -0.3 is 15.0 Å². The standard InChI is InChI=1S/C20H26N2O3/c1-15-14-22(10-11-25-15)20(24)18-7-3-6-17(12-18)13-21-19(23)9-8-16-4-2-5-16/h3,6-9,12,15-16H,2,4-5,10-11,13-14H2,1H3,(H,21,23). The van der Waals surface area contributed by atoms with Gasteiger partial charge in [0, 0.05) is 25.2 Å². The molecule has 3 rings (SSSR count). The average molecular weight is 342 g/mol. The summed E-state index contributed by atoms with van der Waals surface area (Å²) in [5.74, 6) is 0.515. The van der Waals surface area contributed by atoms with Crippen LogP contribution in [0.4, 0.5) is 0 Å². The Morgan fingerprint density at radius 3 is 2.92 bits per heavy atom. The molecule has 1 saturated carbocycles. The van der Waals surface area contributed by atoms with E-state index in [0.29, 0.717) is 37.7 Å². The molecule has 0 spiro atoms. The van der Waals surface area contributed by atoms with Crippen LogP contribution in [0.15, 0.2) is 36.4 Å². The third-order valence-corrected chi connectivity index (χ3v) is 4.84. The Bertz CT molecular complexity index is 652. The average Bonchev–Trinajstić information content (AvgIpc) is 2.58. The molecule has 2 amide bonds. The van der Waals surface area contributed by atoms with Gasteiger partial charge in [-0.1, -0.05) is 24.6 Å². The van der Waals surface area contributed by atoms with Crippen molar-refractivity contribution in [2.75, 3.05) is 19.7 Å². The van der Waals surface area contributed by atoms with Crippen LogP contribution in [-0.4, -0.2) is 42.5 Å². The zero-order valence-electron chi connectivity index (χ0n) is 14.7. The van der Waals surface area contributed by atoms with Gasteiger partial charge in [-0.3, -0.25) is 9.59 Å². The topological polar surface area (TPSA) is 58.6 Å². The predicted molar refractivity (Wildman–Crippen MR) is 96.1 cm³/mol. The highest BCUT2D eigenvalue weighted by Crippen LogP contribution is 2.27. The number of hydrogen-bond acceptors (Lipinski definition) is 3. The van der Waals surface area contributed by atoms with Gasteiger partial charge in [-0.05, 0) is 49.5 Å². The van der Waals surface area contributed by atoms with E-state index in [1.165, 1.54) is 19.3 Å². The maximum atomic E-state index is 12.6. The van der Waals surface area contributed by atoms with Crippen molar-refractivity contribution >= 4 is 11.8 Å². The van der Waals surface area contributed by atoms with Gasteiger partial charge in [0.1, 0.15) is 0 Å². The molecule has 1 aromatic rings. The molecule has 1 atom stereocenters. The number of morpholine rings is 1. The minimum absolute atomic E-state index is 0.0215. The third kappa shape index (κ3) is 4.92. The SMILES string of the molecule is CC1CN(C(=O)c2cccc(CNC(=O)C=CC3CCC3)c2)CCO1. The Labute approximate surface area is 149 Å². The molecule has 2 fully saturated rings. The lowest BCUT2D eigenvalue weighted by molar-refractivity contribution is -0.116. The van der Waals surface area contributed by atoms with Crippen LogP contribution in [0.5, 0.6) is 0 Å². The Kier molecular flexibility index (Phi) is 5.87. The van der Waals surface area contributed by atoms with Gasteiger partial charge >= 0.3 is 0 Å². The fraction of sp³-hybridized carbons (Fsp3) is 0.500. The summed E-state index contributed by atoms with van der Waals surface area (Å²) < 4.78 is 5.49. The fourth-order valence-electron chi connectivity index (χ4n) is 3.10. The number of amides is 2. The van der Waals surface area contributed by atoms with Crippen LogP contribution in [-0.2, 0) is 16.1 Å². The molecule has 1 heterocycles. The predicted octanol–water partition coefficient (Wildman–Crippen LogP) is 2.52. The number of ether oxygens (including phenoxy) is 1. The summed E-state index contributed by atoms with van der Waals surface area (Å²) >= 11 is 0. The van der Waals surface area contributed by atoms with Crippen molar-refractivity contribution in [3.63, 3.8) is 0 Å². The van der Waals surface area contributed by atoms with Crippen LogP contribution in [0, 0.1) is 5.92 Å². The van der Waals surface area contributed by atoms with Crippen molar-refractivity contribution in [1.29, 1.82) is 0 Å². The number of carbonyl (C=O) groups is 2. The first-order valence-corrected chi connectivity index (χ1v) is 9.07. The van der Waals surface area contributed by atoms with Gasteiger partial charge in [-0.2, -0.15) is 0 Å². The summed E-state index contributed by atoms with van der Waals surface area (Å²) in [6.07, 6.45) is 7.34. The van der Waals surface area contributed by atoms with Crippen LogP contribution in [0.3, 0.4) is 0 Å². The number of nitrogens with one attached hydrogen (secondary N) is 1. The van der Waals surface area contributed by atoms with Crippen LogP contribution in [0.1, 0.15) is 42.1 Å². The van der Waals surface area contributed by atoms with Gasteiger partial charge in [0.05, 0.1) is 12.7 Å². The Hall–Kier alpha value is -2.14. The van der Waals surface area contributed by atoms with E-state index in [0.717, 1.165) is 5.56 Å². The van der Waals surface area contributed by atoms with Crippen LogP contribution >= 0.6 is 0 Å². The summed E-state index contributed by atoms with van der Waals surface area (Å²) in [6, 6.07) is 7.47. The van der Waals surface area contributed by atoms with E-state index in [9.17, 15) is 9.59 Å². The second-order valence-electron chi connectivity index (χ2n) is 6.90. The van der Waals surface area contributed by atoms with E-state index >= 15 is 0 Å². The van der Waals surface area contributed by atoms with Crippen molar-refractivity contribution in [2.45, 2.75) is 38.8 Å². The zero-order valence-corrected chi connectivity index (χ0v) is 14.7. The zero-order chi connectivity index (χ0) is 17.6. The van der Waals surface area contributed by atoms with E-state index in [4.69, 9.17) is 4.74 Å². The molecule has 1 unspecified atom stereocenters. The first-order chi connectivity index (χ1) is 12.1. The quantitative estimate of drug-likeness (QED) is 0.837. The summed E-state index contributed by atoms with van der Waals surface area (Å²) in [7, 11) is 0. The van der Waals surface area contributed by atoms with Crippen molar-refractivity contribution in [2.24, 2.45) is 5.92 Å². The molecule has 1 saturated heterocycles. The molecule has 1 aliphatic carbocycles. The minimum Gasteiger partial charge on any atom is -0.375 e. The molecule has 5 heteroatoms. The molecular formula is C20H26N2O3. The van der Waals surface area contributed by atoms with Gasteiger partial charge in [0.15, 0.2) is 0 Å². The number of benzene rings is 1. The Morgan fingerprint density at radius 1 is 1.36 bits per heavy atom. The van der Waals surface area contributed by atoms with E-state index in [1.54, 1.807) is 6.08 Å². The maximum Gasteiger partial charge on any atom is 0.254 e. The van der Waals surface area contributed by atoms with E-state index < -0.39 is 0 Å². The molecule has 134 valence electrons. The van der Waals surface area contributed by atoms with Gasteiger partial charge in [-0.15, -0.1) is 0 Å². The molecule has 1 aliphatic heterocycles. The maximum absolute atomic E-state index is 12.6. The minimum atomic E-state index is -0.0781. The first-order valence-electron chi connectivity index (χ1n) is 9.07. The summed E-state index contributed by atoms with van der Waals surface area (Å²) in [6.45, 7) is 4.22. The van der Waals surface area contributed by atoms with Crippen molar-refractivity contribution in [1.82, 2.24) is 10.2 Å². The Morgan fingerprint density at radius 2 is 2.20 bits per heavy atom. The Balaban J connectivity index is 1.54. The fourth-order valence-corrected chi connectivity index (χ4v) is 3.10. The molecule has 25 heavy (non-hydrogen) atoms. The number of allylic oxidation sites excluding steroid dienone is 1. The summed E-state index contributed by atoms with van der Waals surface area (Å²) in [5, 5.41) is 2.88. The number of carbonyl (C=O) groups excluding carboxylic acids is 2. The second-order valence-corrected chi connectivity index (χ2v) is 6.90. The lowest BCUT2D eigenvalue weighted by Gasteiger charge is -2.31. The van der Waals surface area contributed by atoms with E-state index in [-0.39, 0.29) is 17.9 Å². The smallest absolute Gasteiger partial charge is 0.254 e. The highest BCUT2D eigenvalue weighted by atomic mass is 16.5. The van der Waals surface area contributed by atoms with Crippen molar-refractivity contribution in [3.8, 4) is 0 Å². The lowest BCUT2D eigenvalue weighted by atomic mass is 9.85. The van der Waals surface area contributed by atoms with E-state index in [1.807, 2.05) is 42.2 Å². The van der Waals surface area contributed by atoms with Crippen LogP contribution in [0.2, 0.25) is 0 Å². The first kappa shape index (κ1) is 17.7. The molecule has 2 aliphatic rings. The highest BCUT2D eigenvalue weighted by Gasteiger charge is 2.22. The summed E-state index contributed by atoms with van der Waals surface area (Å²) in [5.41, 5.74) is 1.59. The molecule has 0 radical (unpaired) electrons. The molecule has 0 aromatic heterocycles. The molecule has 0 bridgehead atoms. The molecule has 1 aromatic carbocycles. The second kappa shape index (κ2) is 8.30. The highest BCUT2D eigenvalue weighted by molar-refractivity contribution is 5.94. The van der Waals surface area contributed by atoms with Crippen molar-refractivity contribution in [3.05, 3.63) is 47.5 Å². The summed E-state index contributed by atoms with van der Waals surface area (Å²) in [4.78, 5) is 26.3. The molecule has 1 N–H and O–H groups in total. The molecular weight excluding hydrogens is 316 g/mol. The number of nitrogens with zero attached hydrogens (tertiary/aromatic N) is 1. The van der Waals surface area contributed by atoms with Gasteiger partial charge in [0.2, 0.25) is 5.91 Å². The van der Waals surface area contributed by atoms with Crippen LogP contribution in [0.25, 0.3) is 0 Å². The lowest BCUT2D eigenvalue weighted by Crippen LogP contribution is -2.44. The number of rotatable bonds is 5. The van der Waals surface area contributed by atoms with Crippen LogP contribution < -0.4 is 5.32 Å². The third-order valence-electron chi connectivity index (χ3n) is 4.84. The van der Waals surface area contributed by atoms with Gasteiger partial charge in [-0.25, -0.2) is 0 Å². The number of hydrogen-bond donors (Lipinski definition) is 1. The van der Waals surface area contributed by atoms with E-state index in [2.05, 4.69) is 5.32 Å². The van der Waals surface area contributed by atoms with Gasteiger partial charge in [0.25, 0.3) is 5.91 Å². The normalized spacial score (nSPS) is 21.2. The van der Waals surface area contributed by atoms with Crippen molar-refractivity contribution < 1.29 is 14.3 Å². The monoisotopic (exact) mass is 342 g/mol.